The number of benzene rings is 2. The highest BCUT2D eigenvalue weighted by molar-refractivity contribution is 5.94. The van der Waals surface area contributed by atoms with Crippen LogP contribution in [0.15, 0.2) is 36.5 Å². The molecule has 3 rings (SSSR count). The van der Waals surface area contributed by atoms with Gasteiger partial charge in [0.25, 0.3) is 5.91 Å². The third-order valence-electron chi connectivity index (χ3n) is 3.69. The number of hydrogen-bond donors (Lipinski definition) is 2. The predicted octanol–water partition coefficient (Wildman–Crippen LogP) is 3.70. The molecule has 7 heteroatoms. The summed E-state index contributed by atoms with van der Waals surface area (Å²) in [6, 6.07) is 5.88. The summed E-state index contributed by atoms with van der Waals surface area (Å²) >= 11 is 0. The molecule has 0 aliphatic heterocycles. The van der Waals surface area contributed by atoms with Gasteiger partial charge in [0, 0.05) is 23.6 Å². The highest BCUT2D eigenvalue weighted by Gasteiger charge is 2.18. The number of aromatic amines is 1. The Balaban J connectivity index is 1.68. The number of carbonyl (C=O) groups is 1. The van der Waals surface area contributed by atoms with Crippen molar-refractivity contribution < 1.29 is 22.4 Å². The molecular weight excluding hydrogens is 324 g/mol. The van der Waals surface area contributed by atoms with E-state index in [2.05, 4.69) is 10.3 Å². The molecule has 2 N–H and O–H groups in total. The van der Waals surface area contributed by atoms with Gasteiger partial charge in [-0.25, -0.2) is 17.6 Å². The fraction of sp³-hybridized carbons (Fsp3) is 0.118. The summed E-state index contributed by atoms with van der Waals surface area (Å²) in [5.41, 5.74) is 0.911. The van der Waals surface area contributed by atoms with Gasteiger partial charge in [0.05, 0.1) is 5.56 Å². The maximum absolute atomic E-state index is 13.5. The van der Waals surface area contributed by atoms with E-state index < -0.39 is 28.9 Å². The first kappa shape index (κ1) is 16.0. The molecule has 0 spiro atoms. The van der Waals surface area contributed by atoms with Gasteiger partial charge in [-0.05, 0) is 42.3 Å². The number of H-pyrrole nitrogens is 1. The number of halogens is 4. The Bertz CT molecular complexity index is 920. The van der Waals surface area contributed by atoms with E-state index in [4.69, 9.17) is 0 Å². The summed E-state index contributed by atoms with van der Waals surface area (Å²) < 4.78 is 52.7. The monoisotopic (exact) mass is 336 g/mol. The first-order valence-corrected chi connectivity index (χ1v) is 7.14. The third kappa shape index (κ3) is 2.97. The maximum atomic E-state index is 13.5. The number of hydrogen-bond acceptors (Lipinski definition) is 1. The molecule has 24 heavy (non-hydrogen) atoms. The molecule has 0 fully saturated rings. The molecule has 0 aliphatic rings. The molecular formula is C17H12F4N2O. The van der Waals surface area contributed by atoms with Crippen molar-refractivity contribution in [2.45, 2.75) is 6.42 Å². The van der Waals surface area contributed by atoms with Crippen molar-refractivity contribution in [3.05, 3.63) is 70.9 Å². The number of carbonyl (C=O) groups excluding carboxylic acids is 1. The molecule has 1 amide bonds. The summed E-state index contributed by atoms with van der Waals surface area (Å²) in [6.07, 6.45) is 2.09. The summed E-state index contributed by atoms with van der Waals surface area (Å²) in [5, 5.41) is 3.25. The molecule has 0 radical (unpaired) electrons. The second-order valence-corrected chi connectivity index (χ2v) is 5.23. The minimum Gasteiger partial charge on any atom is -0.361 e. The smallest absolute Gasteiger partial charge is 0.254 e. The van der Waals surface area contributed by atoms with E-state index in [0.717, 1.165) is 17.0 Å². The first-order valence-electron chi connectivity index (χ1n) is 7.14. The molecule has 0 atom stereocenters. The molecule has 0 saturated carbocycles. The Labute approximate surface area is 134 Å². The summed E-state index contributed by atoms with van der Waals surface area (Å²) in [7, 11) is 0. The van der Waals surface area contributed by atoms with Crippen LogP contribution < -0.4 is 5.32 Å². The van der Waals surface area contributed by atoms with E-state index in [0.29, 0.717) is 18.0 Å². The van der Waals surface area contributed by atoms with Crippen molar-refractivity contribution in [2.75, 3.05) is 6.54 Å². The minimum absolute atomic E-state index is 0.154. The van der Waals surface area contributed by atoms with Gasteiger partial charge in [0.1, 0.15) is 5.82 Å². The number of amides is 1. The molecule has 0 saturated heterocycles. The van der Waals surface area contributed by atoms with Crippen LogP contribution in [0, 0.1) is 23.3 Å². The lowest BCUT2D eigenvalue weighted by molar-refractivity contribution is 0.0949. The second kappa shape index (κ2) is 6.35. The zero-order valence-electron chi connectivity index (χ0n) is 12.3. The van der Waals surface area contributed by atoms with E-state index in [9.17, 15) is 22.4 Å². The van der Waals surface area contributed by atoms with Crippen LogP contribution in [0.2, 0.25) is 0 Å². The van der Waals surface area contributed by atoms with E-state index in [-0.39, 0.29) is 12.4 Å². The molecule has 1 heterocycles. The minimum atomic E-state index is -1.68. The number of aromatic nitrogens is 1. The summed E-state index contributed by atoms with van der Waals surface area (Å²) in [4.78, 5) is 14.8. The van der Waals surface area contributed by atoms with E-state index >= 15 is 0 Å². The van der Waals surface area contributed by atoms with Gasteiger partial charge in [0.2, 0.25) is 0 Å². The van der Waals surface area contributed by atoms with Crippen LogP contribution in [-0.4, -0.2) is 17.4 Å². The van der Waals surface area contributed by atoms with Crippen LogP contribution >= 0.6 is 0 Å². The summed E-state index contributed by atoms with van der Waals surface area (Å²) in [5.74, 6) is -5.75. The largest absolute Gasteiger partial charge is 0.361 e. The molecule has 1 aromatic heterocycles. The van der Waals surface area contributed by atoms with E-state index in [1.54, 1.807) is 12.3 Å². The molecule has 124 valence electrons. The van der Waals surface area contributed by atoms with Crippen molar-refractivity contribution in [3.8, 4) is 0 Å². The maximum Gasteiger partial charge on any atom is 0.254 e. The lowest BCUT2D eigenvalue weighted by atomic mass is 10.1. The summed E-state index contributed by atoms with van der Waals surface area (Å²) in [6.45, 7) is 0.154. The van der Waals surface area contributed by atoms with E-state index in [1.807, 2.05) is 0 Å². The van der Waals surface area contributed by atoms with Crippen LogP contribution in [-0.2, 0) is 6.42 Å². The van der Waals surface area contributed by atoms with Crippen LogP contribution in [0.1, 0.15) is 15.9 Å². The highest BCUT2D eigenvalue weighted by Crippen LogP contribution is 2.19. The average molecular weight is 336 g/mol. The van der Waals surface area contributed by atoms with E-state index in [1.165, 1.54) is 12.1 Å². The first-order chi connectivity index (χ1) is 11.5. The third-order valence-corrected chi connectivity index (χ3v) is 3.69. The quantitative estimate of drug-likeness (QED) is 0.554. The number of nitrogens with one attached hydrogen (secondary N) is 2. The zero-order chi connectivity index (χ0) is 17.3. The van der Waals surface area contributed by atoms with Gasteiger partial charge in [-0.15, -0.1) is 0 Å². The Morgan fingerprint density at radius 2 is 1.83 bits per heavy atom. The van der Waals surface area contributed by atoms with Crippen molar-refractivity contribution in [1.82, 2.24) is 10.3 Å². The molecule has 0 aliphatic carbocycles. The Morgan fingerprint density at radius 1 is 1.04 bits per heavy atom. The van der Waals surface area contributed by atoms with Gasteiger partial charge in [-0.3, -0.25) is 4.79 Å². The Kier molecular flexibility index (Phi) is 4.24. The van der Waals surface area contributed by atoms with Gasteiger partial charge in [-0.2, -0.15) is 0 Å². The standard InChI is InChI=1S/C17H12F4N2O/c18-10-1-2-11-9(8-23-14(11)7-10)5-6-22-17(24)12-3-4-13(19)16(21)15(12)20/h1-4,7-8,23H,5-6H2,(H,22,24). The van der Waals surface area contributed by atoms with Crippen molar-refractivity contribution in [3.63, 3.8) is 0 Å². The van der Waals surface area contributed by atoms with Gasteiger partial charge >= 0.3 is 0 Å². The van der Waals surface area contributed by atoms with Crippen molar-refractivity contribution in [2.24, 2.45) is 0 Å². The molecule has 0 bridgehead atoms. The number of rotatable bonds is 4. The Morgan fingerprint density at radius 3 is 2.62 bits per heavy atom. The average Bonchev–Trinajstić information content (AvgIpc) is 2.95. The normalized spacial score (nSPS) is 11.0. The van der Waals surface area contributed by atoms with Crippen LogP contribution in [0.25, 0.3) is 10.9 Å². The van der Waals surface area contributed by atoms with Gasteiger partial charge in [0.15, 0.2) is 17.5 Å². The van der Waals surface area contributed by atoms with Crippen molar-refractivity contribution >= 4 is 16.8 Å². The van der Waals surface area contributed by atoms with Crippen LogP contribution in [0.5, 0.6) is 0 Å². The SMILES string of the molecule is O=C(NCCc1c[nH]c2cc(F)ccc12)c1ccc(F)c(F)c1F. The molecule has 0 unspecified atom stereocenters. The lowest BCUT2D eigenvalue weighted by Gasteiger charge is -2.07. The van der Waals surface area contributed by atoms with Gasteiger partial charge < -0.3 is 10.3 Å². The lowest BCUT2D eigenvalue weighted by Crippen LogP contribution is -2.27. The number of fused-ring (bicyclic) bond motifs is 1. The van der Waals surface area contributed by atoms with Crippen LogP contribution in [0.4, 0.5) is 17.6 Å². The fourth-order valence-corrected chi connectivity index (χ4v) is 2.47. The second-order valence-electron chi connectivity index (χ2n) is 5.23. The fourth-order valence-electron chi connectivity index (χ4n) is 2.47. The predicted molar refractivity (Wildman–Crippen MR) is 80.6 cm³/mol. The molecule has 3 aromatic rings. The zero-order valence-corrected chi connectivity index (χ0v) is 12.3. The van der Waals surface area contributed by atoms with Crippen LogP contribution in [0.3, 0.4) is 0 Å². The van der Waals surface area contributed by atoms with Gasteiger partial charge in [-0.1, -0.05) is 0 Å². The molecule has 2 aromatic carbocycles. The molecule has 3 nitrogen and oxygen atoms in total. The van der Waals surface area contributed by atoms with Crippen molar-refractivity contribution in [1.29, 1.82) is 0 Å². The Hall–Kier alpha value is -2.83. The highest BCUT2D eigenvalue weighted by atomic mass is 19.2. The topological polar surface area (TPSA) is 44.9 Å².